The van der Waals surface area contributed by atoms with Gasteiger partial charge >= 0.3 is 0 Å². The van der Waals surface area contributed by atoms with Gasteiger partial charge in [0.1, 0.15) is 0 Å². The largest absolute Gasteiger partial charge is 0.324 e. The Balaban J connectivity index is 1.69. The van der Waals surface area contributed by atoms with E-state index in [-0.39, 0.29) is 5.54 Å². The van der Waals surface area contributed by atoms with Crippen molar-refractivity contribution in [2.45, 2.75) is 51.0 Å². The van der Waals surface area contributed by atoms with E-state index in [0.717, 1.165) is 18.4 Å². The van der Waals surface area contributed by atoms with Crippen LogP contribution in [0.4, 0.5) is 0 Å². The van der Waals surface area contributed by atoms with Gasteiger partial charge in [0.2, 0.25) is 0 Å². The van der Waals surface area contributed by atoms with Gasteiger partial charge in [-0.15, -0.1) is 0 Å². The highest BCUT2D eigenvalue weighted by molar-refractivity contribution is 4.92. The molecule has 0 amide bonds. The third kappa shape index (κ3) is 2.96. The van der Waals surface area contributed by atoms with Gasteiger partial charge in [-0.1, -0.05) is 19.8 Å². The summed E-state index contributed by atoms with van der Waals surface area (Å²) in [6.45, 7) is 4.57. The van der Waals surface area contributed by atoms with Crippen LogP contribution in [0.1, 0.15) is 45.4 Å². The van der Waals surface area contributed by atoms with Crippen LogP contribution in [0.3, 0.4) is 0 Å². The number of rotatable bonds is 4. The van der Waals surface area contributed by atoms with Crippen molar-refractivity contribution in [3.05, 3.63) is 0 Å². The van der Waals surface area contributed by atoms with Gasteiger partial charge in [-0.25, -0.2) is 0 Å². The summed E-state index contributed by atoms with van der Waals surface area (Å²) in [5, 5.41) is 3.55. The number of nitrogens with one attached hydrogen (secondary N) is 1. The van der Waals surface area contributed by atoms with Crippen molar-refractivity contribution in [2.75, 3.05) is 13.1 Å². The number of hydrogen-bond acceptors (Lipinski definition) is 2. The molecule has 2 aliphatic carbocycles. The molecule has 0 aromatic heterocycles. The summed E-state index contributed by atoms with van der Waals surface area (Å²) in [7, 11) is 0. The van der Waals surface area contributed by atoms with Gasteiger partial charge in [-0.05, 0) is 44.1 Å². The van der Waals surface area contributed by atoms with E-state index < -0.39 is 0 Å². The Labute approximate surface area is 87.6 Å². The van der Waals surface area contributed by atoms with Crippen LogP contribution in [0.15, 0.2) is 0 Å². The lowest BCUT2D eigenvalue weighted by atomic mass is 9.77. The first-order valence-electron chi connectivity index (χ1n) is 6.18. The zero-order chi connectivity index (χ0) is 10.0. The molecule has 0 spiro atoms. The van der Waals surface area contributed by atoms with Crippen LogP contribution in [0.2, 0.25) is 0 Å². The minimum atomic E-state index is 0.104. The average molecular weight is 196 g/mol. The van der Waals surface area contributed by atoms with Crippen molar-refractivity contribution in [1.82, 2.24) is 5.32 Å². The Morgan fingerprint density at radius 3 is 2.79 bits per heavy atom. The molecule has 14 heavy (non-hydrogen) atoms. The van der Waals surface area contributed by atoms with E-state index in [0.29, 0.717) is 0 Å². The Morgan fingerprint density at radius 1 is 1.36 bits per heavy atom. The quantitative estimate of drug-likeness (QED) is 0.720. The minimum Gasteiger partial charge on any atom is -0.324 e. The fraction of sp³-hybridized carbons (Fsp3) is 1.00. The smallest absolute Gasteiger partial charge is 0.0283 e. The lowest BCUT2D eigenvalue weighted by Crippen LogP contribution is -2.51. The summed E-state index contributed by atoms with van der Waals surface area (Å²) in [6.07, 6.45) is 7.99. The van der Waals surface area contributed by atoms with Crippen LogP contribution in [0.25, 0.3) is 0 Å². The van der Waals surface area contributed by atoms with Gasteiger partial charge < -0.3 is 11.1 Å². The fourth-order valence-corrected chi connectivity index (χ4v) is 2.71. The molecule has 0 aliphatic heterocycles. The van der Waals surface area contributed by atoms with Crippen LogP contribution in [-0.4, -0.2) is 18.6 Å². The minimum absolute atomic E-state index is 0.104. The van der Waals surface area contributed by atoms with Crippen LogP contribution < -0.4 is 11.1 Å². The molecule has 2 rings (SSSR count). The van der Waals surface area contributed by atoms with E-state index in [4.69, 9.17) is 5.73 Å². The Kier molecular flexibility index (Phi) is 3.13. The summed E-state index contributed by atoms with van der Waals surface area (Å²) in [4.78, 5) is 0. The van der Waals surface area contributed by atoms with Crippen molar-refractivity contribution in [2.24, 2.45) is 17.6 Å². The predicted molar refractivity (Wildman–Crippen MR) is 60.1 cm³/mol. The normalized spacial score (nSPS) is 38.6. The first kappa shape index (κ1) is 10.4. The standard InChI is InChI=1S/C12H24N2/c1-10-3-2-6-12(13,7-10)9-14-8-11-4-5-11/h10-11,14H,2-9,13H2,1H3. The first-order chi connectivity index (χ1) is 6.68. The molecule has 0 aromatic carbocycles. The molecule has 0 heterocycles. The van der Waals surface area contributed by atoms with E-state index in [1.54, 1.807) is 0 Å². The van der Waals surface area contributed by atoms with Gasteiger partial charge in [0, 0.05) is 12.1 Å². The second-order valence-electron chi connectivity index (χ2n) is 5.64. The lowest BCUT2D eigenvalue weighted by Gasteiger charge is -2.37. The molecule has 2 nitrogen and oxygen atoms in total. The van der Waals surface area contributed by atoms with E-state index in [1.165, 1.54) is 45.1 Å². The molecular weight excluding hydrogens is 172 g/mol. The monoisotopic (exact) mass is 196 g/mol. The third-order valence-corrected chi connectivity index (χ3v) is 3.73. The maximum Gasteiger partial charge on any atom is 0.0283 e. The topological polar surface area (TPSA) is 38.0 Å². The van der Waals surface area contributed by atoms with Crippen LogP contribution in [0.5, 0.6) is 0 Å². The Bertz CT molecular complexity index is 189. The molecule has 82 valence electrons. The first-order valence-corrected chi connectivity index (χ1v) is 6.18. The highest BCUT2D eigenvalue weighted by Crippen LogP contribution is 2.31. The average Bonchev–Trinajstić information content (AvgIpc) is 2.87. The predicted octanol–water partition coefficient (Wildman–Crippen LogP) is 1.89. The molecule has 2 atom stereocenters. The number of nitrogens with two attached hydrogens (primary N) is 1. The van der Waals surface area contributed by atoms with Crippen LogP contribution in [0, 0.1) is 11.8 Å². The van der Waals surface area contributed by atoms with Gasteiger partial charge in [-0.3, -0.25) is 0 Å². The zero-order valence-corrected chi connectivity index (χ0v) is 9.39. The summed E-state index contributed by atoms with van der Waals surface area (Å²) in [5.74, 6) is 1.80. The Hall–Kier alpha value is -0.0800. The SMILES string of the molecule is CC1CCCC(N)(CNCC2CC2)C1. The van der Waals surface area contributed by atoms with Crippen molar-refractivity contribution in [1.29, 1.82) is 0 Å². The van der Waals surface area contributed by atoms with E-state index in [1.807, 2.05) is 0 Å². The molecule has 2 saturated carbocycles. The van der Waals surface area contributed by atoms with Crippen molar-refractivity contribution >= 4 is 0 Å². The third-order valence-electron chi connectivity index (χ3n) is 3.73. The Morgan fingerprint density at radius 2 is 2.14 bits per heavy atom. The molecule has 2 heteroatoms. The second-order valence-corrected chi connectivity index (χ2v) is 5.64. The zero-order valence-electron chi connectivity index (χ0n) is 9.39. The van der Waals surface area contributed by atoms with Gasteiger partial charge in [0.25, 0.3) is 0 Å². The molecule has 0 saturated heterocycles. The molecular formula is C12H24N2. The fourth-order valence-electron chi connectivity index (χ4n) is 2.71. The van der Waals surface area contributed by atoms with Crippen LogP contribution in [-0.2, 0) is 0 Å². The molecule has 0 radical (unpaired) electrons. The highest BCUT2D eigenvalue weighted by atomic mass is 14.9. The molecule has 2 aliphatic rings. The molecule has 2 unspecified atom stereocenters. The number of hydrogen-bond donors (Lipinski definition) is 2. The summed E-state index contributed by atoms with van der Waals surface area (Å²) in [5.41, 5.74) is 6.50. The van der Waals surface area contributed by atoms with E-state index in [2.05, 4.69) is 12.2 Å². The van der Waals surface area contributed by atoms with Gasteiger partial charge in [0.15, 0.2) is 0 Å². The second kappa shape index (κ2) is 4.19. The van der Waals surface area contributed by atoms with Crippen LogP contribution >= 0.6 is 0 Å². The lowest BCUT2D eigenvalue weighted by molar-refractivity contribution is 0.229. The molecule has 0 bridgehead atoms. The van der Waals surface area contributed by atoms with E-state index >= 15 is 0 Å². The van der Waals surface area contributed by atoms with Gasteiger partial charge in [0.05, 0.1) is 0 Å². The summed E-state index contributed by atoms with van der Waals surface area (Å²) < 4.78 is 0. The van der Waals surface area contributed by atoms with Crippen molar-refractivity contribution in [3.8, 4) is 0 Å². The molecule has 2 fully saturated rings. The van der Waals surface area contributed by atoms with Gasteiger partial charge in [-0.2, -0.15) is 0 Å². The van der Waals surface area contributed by atoms with E-state index in [9.17, 15) is 0 Å². The molecule has 0 aromatic rings. The molecule has 3 N–H and O–H groups in total. The summed E-state index contributed by atoms with van der Waals surface area (Å²) in [6, 6.07) is 0. The summed E-state index contributed by atoms with van der Waals surface area (Å²) >= 11 is 0. The maximum absolute atomic E-state index is 6.39. The maximum atomic E-state index is 6.39. The van der Waals surface area contributed by atoms with Crippen molar-refractivity contribution < 1.29 is 0 Å². The highest BCUT2D eigenvalue weighted by Gasteiger charge is 2.31. The van der Waals surface area contributed by atoms with Crippen molar-refractivity contribution in [3.63, 3.8) is 0 Å².